The lowest BCUT2D eigenvalue weighted by molar-refractivity contribution is -0.384. The van der Waals surface area contributed by atoms with Crippen molar-refractivity contribution in [2.24, 2.45) is 0 Å². The summed E-state index contributed by atoms with van der Waals surface area (Å²) in [6.07, 6.45) is 0. The predicted molar refractivity (Wildman–Crippen MR) is 69.6 cm³/mol. The number of amides is 1. The molecule has 0 aliphatic heterocycles. The molecule has 0 aliphatic carbocycles. The molecule has 1 N–H and O–H groups in total. The third kappa shape index (κ3) is 3.42. The van der Waals surface area contributed by atoms with Gasteiger partial charge in [-0.25, -0.2) is 0 Å². The molecule has 1 rings (SSSR count). The van der Waals surface area contributed by atoms with Crippen LogP contribution >= 0.6 is 0 Å². The lowest BCUT2D eigenvalue weighted by atomic mass is 10.1. The van der Waals surface area contributed by atoms with Gasteiger partial charge in [-0.05, 0) is 13.0 Å². The Balaban J connectivity index is 3.00. The summed E-state index contributed by atoms with van der Waals surface area (Å²) >= 11 is 0. The van der Waals surface area contributed by atoms with Crippen LogP contribution in [0, 0.1) is 21.4 Å². The number of hydrogen-bond acceptors (Lipinski definition) is 5. The highest BCUT2D eigenvalue weighted by Gasteiger charge is 2.17. The second kappa shape index (κ2) is 5.82. The Bertz CT molecular complexity index is 548. The van der Waals surface area contributed by atoms with Crippen LogP contribution < -0.4 is 5.32 Å². The van der Waals surface area contributed by atoms with Crippen molar-refractivity contribution >= 4 is 17.3 Å². The quantitative estimate of drug-likeness (QED) is 0.652. The van der Waals surface area contributed by atoms with Crippen molar-refractivity contribution in [1.29, 1.82) is 5.26 Å². The van der Waals surface area contributed by atoms with Gasteiger partial charge in [0.2, 0.25) is 5.91 Å². The summed E-state index contributed by atoms with van der Waals surface area (Å²) in [6, 6.07) is 5.24. The number of likely N-dealkylation sites (N-methyl/N-ethyl adjacent to an activating group) is 1. The fourth-order valence-electron chi connectivity index (χ4n) is 1.55. The molecule has 1 aromatic rings. The minimum absolute atomic E-state index is 0.132. The van der Waals surface area contributed by atoms with E-state index in [1.807, 2.05) is 6.07 Å². The molecule has 0 heterocycles. The van der Waals surface area contributed by atoms with Crippen LogP contribution in [0.2, 0.25) is 0 Å². The molecule has 0 aromatic heterocycles. The van der Waals surface area contributed by atoms with Gasteiger partial charge in [0.1, 0.15) is 12.1 Å². The number of carbonyl (C=O) groups is 1. The van der Waals surface area contributed by atoms with Gasteiger partial charge in [0.25, 0.3) is 5.69 Å². The van der Waals surface area contributed by atoms with Crippen LogP contribution in [0.15, 0.2) is 18.2 Å². The van der Waals surface area contributed by atoms with E-state index in [1.165, 1.54) is 23.1 Å². The van der Waals surface area contributed by atoms with Gasteiger partial charge in [-0.3, -0.25) is 14.9 Å². The van der Waals surface area contributed by atoms with Crippen LogP contribution in [0.5, 0.6) is 0 Å². The Hall–Kier alpha value is -2.62. The molecule has 0 aliphatic rings. The number of nitro groups is 1. The van der Waals surface area contributed by atoms with E-state index in [-0.39, 0.29) is 17.2 Å². The summed E-state index contributed by atoms with van der Waals surface area (Å²) in [5.74, 6) is -0.151. The molecule has 0 saturated heterocycles. The van der Waals surface area contributed by atoms with Crippen LogP contribution in [-0.2, 0) is 4.79 Å². The fourth-order valence-corrected chi connectivity index (χ4v) is 1.55. The minimum atomic E-state index is -0.570. The van der Waals surface area contributed by atoms with E-state index in [2.05, 4.69) is 5.32 Å². The number of hydrogen-bond donors (Lipinski definition) is 1. The number of anilines is 1. The van der Waals surface area contributed by atoms with Gasteiger partial charge < -0.3 is 10.2 Å². The first-order valence-electron chi connectivity index (χ1n) is 5.53. The monoisotopic (exact) mass is 262 g/mol. The molecule has 1 atom stereocenters. The molecular formula is C12H14N4O3. The Morgan fingerprint density at radius 3 is 2.63 bits per heavy atom. The molecule has 0 spiro atoms. The summed E-state index contributed by atoms with van der Waals surface area (Å²) in [4.78, 5) is 23.2. The number of nitrogens with one attached hydrogen (secondary N) is 1. The first-order chi connectivity index (χ1) is 8.86. The van der Waals surface area contributed by atoms with Crippen molar-refractivity contribution in [2.45, 2.75) is 13.0 Å². The molecule has 0 unspecified atom stereocenters. The second-order valence-corrected chi connectivity index (χ2v) is 4.20. The number of carbonyl (C=O) groups excluding carboxylic acids is 1. The van der Waals surface area contributed by atoms with Crippen LogP contribution in [0.1, 0.15) is 12.5 Å². The van der Waals surface area contributed by atoms with Crippen molar-refractivity contribution < 1.29 is 9.72 Å². The minimum Gasteiger partial charge on any atom is -0.373 e. The smallest absolute Gasteiger partial charge is 0.270 e. The highest BCUT2D eigenvalue weighted by Crippen LogP contribution is 2.22. The molecule has 7 nitrogen and oxygen atoms in total. The first kappa shape index (κ1) is 14.4. The highest BCUT2D eigenvalue weighted by atomic mass is 16.6. The van der Waals surface area contributed by atoms with Crippen LogP contribution in [0.3, 0.4) is 0 Å². The largest absolute Gasteiger partial charge is 0.373 e. The molecule has 1 amide bonds. The normalized spacial score (nSPS) is 11.3. The van der Waals surface area contributed by atoms with Crippen molar-refractivity contribution in [2.75, 3.05) is 19.4 Å². The van der Waals surface area contributed by atoms with Gasteiger partial charge in [0.15, 0.2) is 0 Å². The van der Waals surface area contributed by atoms with Gasteiger partial charge in [-0.1, -0.05) is 0 Å². The number of benzene rings is 1. The number of nitro benzene ring substituents is 1. The van der Waals surface area contributed by atoms with E-state index in [9.17, 15) is 14.9 Å². The molecule has 0 radical (unpaired) electrons. The van der Waals surface area contributed by atoms with E-state index in [1.54, 1.807) is 21.0 Å². The number of rotatable bonds is 4. The van der Waals surface area contributed by atoms with E-state index < -0.39 is 11.0 Å². The Kier molecular flexibility index (Phi) is 4.42. The maximum Gasteiger partial charge on any atom is 0.270 e. The zero-order valence-corrected chi connectivity index (χ0v) is 10.9. The van der Waals surface area contributed by atoms with Crippen molar-refractivity contribution in [1.82, 2.24) is 4.90 Å². The summed E-state index contributed by atoms with van der Waals surface area (Å²) in [6.45, 7) is 1.66. The van der Waals surface area contributed by atoms with E-state index in [4.69, 9.17) is 5.26 Å². The molecule has 100 valence electrons. The lowest BCUT2D eigenvalue weighted by Crippen LogP contribution is -2.36. The summed E-state index contributed by atoms with van der Waals surface area (Å²) in [5.41, 5.74) is 0.372. The van der Waals surface area contributed by atoms with E-state index >= 15 is 0 Å². The third-order valence-electron chi connectivity index (χ3n) is 2.52. The Labute approximate surface area is 110 Å². The van der Waals surface area contributed by atoms with Crippen LogP contribution in [0.25, 0.3) is 0 Å². The zero-order chi connectivity index (χ0) is 14.6. The predicted octanol–water partition coefficient (Wildman–Crippen LogP) is 1.36. The first-order valence-corrected chi connectivity index (χ1v) is 5.53. The van der Waals surface area contributed by atoms with Crippen LogP contribution in [0.4, 0.5) is 11.4 Å². The van der Waals surface area contributed by atoms with Gasteiger partial charge >= 0.3 is 0 Å². The average Bonchev–Trinajstić information content (AvgIpc) is 2.37. The van der Waals surface area contributed by atoms with Gasteiger partial charge in [-0.15, -0.1) is 0 Å². The summed E-state index contributed by atoms with van der Waals surface area (Å²) in [5, 5.41) is 22.5. The van der Waals surface area contributed by atoms with Crippen molar-refractivity contribution in [3.8, 4) is 6.07 Å². The lowest BCUT2D eigenvalue weighted by Gasteiger charge is -2.19. The fraction of sp³-hybridized carbons (Fsp3) is 0.333. The molecule has 0 fully saturated rings. The summed E-state index contributed by atoms with van der Waals surface area (Å²) in [7, 11) is 3.25. The maximum absolute atomic E-state index is 11.7. The number of non-ortho nitro benzene ring substituents is 1. The third-order valence-corrected chi connectivity index (χ3v) is 2.52. The molecular weight excluding hydrogens is 248 g/mol. The van der Waals surface area contributed by atoms with E-state index in [0.717, 1.165) is 0 Å². The average molecular weight is 262 g/mol. The van der Waals surface area contributed by atoms with Gasteiger partial charge in [-0.2, -0.15) is 5.26 Å². The SMILES string of the molecule is C[C@H](Nc1ccc([N+](=O)[O-])cc1C#N)C(=O)N(C)C. The second-order valence-electron chi connectivity index (χ2n) is 4.20. The van der Waals surface area contributed by atoms with Gasteiger partial charge in [0.05, 0.1) is 16.2 Å². The number of nitriles is 1. The topological polar surface area (TPSA) is 99.3 Å². The van der Waals surface area contributed by atoms with Gasteiger partial charge in [0, 0.05) is 26.2 Å². The molecule has 19 heavy (non-hydrogen) atoms. The number of nitrogens with zero attached hydrogens (tertiary/aromatic N) is 3. The zero-order valence-electron chi connectivity index (χ0n) is 10.9. The molecule has 0 bridgehead atoms. The highest BCUT2D eigenvalue weighted by molar-refractivity contribution is 5.84. The molecule has 1 aromatic carbocycles. The Morgan fingerprint density at radius 1 is 1.53 bits per heavy atom. The summed E-state index contributed by atoms with van der Waals surface area (Å²) < 4.78 is 0. The van der Waals surface area contributed by atoms with E-state index in [0.29, 0.717) is 5.69 Å². The van der Waals surface area contributed by atoms with Crippen LogP contribution in [-0.4, -0.2) is 35.9 Å². The maximum atomic E-state index is 11.7. The van der Waals surface area contributed by atoms with Crippen molar-refractivity contribution in [3.05, 3.63) is 33.9 Å². The Morgan fingerprint density at radius 2 is 2.16 bits per heavy atom. The molecule has 7 heteroatoms. The standard InChI is InChI=1S/C12H14N4O3/c1-8(12(17)15(2)3)14-11-5-4-10(16(18)19)6-9(11)7-13/h4-6,8,14H,1-3H3/t8-/m0/s1. The molecule has 0 saturated carbocycles. The van der Waals surface area contributed by atoms with Crippen molar-refractivity contribution in [3.63, 3.8) is 0 Å².